The monoisotopic (exact) mass is 462 g/mol. The Morgan fingerprint density at radius 3 is 2.42 bits per heavy atom. The molecule has 0 spiro atoms. The molecule has 168 valence electrons. The Hall–Kier alpha value is -3.90. The number of rotatable bonds is 10. The molecule has 1 heterocycles. The molecule has 1 atom stereocenters. The molecule has 0 saturated heterocycles. The van der Waals surface area contributed by atoms with Gasteiger partial charge in [-0.1, -0.05) is 36.0 Å². The summed E-state index contributed by atoms with van der Waals surface area (Å²) >= 11 is 1.12. The van der Waals surface area contributed by atoms with Crippen molar-refractivity contribution >= 4 is 23.6 Å². The largest absolute Gasteiger partial charge is 0.497 e. The number of hydrogen-bond acceptors (Lipinski definition) is 8. The van der Waals surface area contributed by atoms with Crippen LogP contribution in [0.1, 0.15) is 22.8 Å². The van der Waals surface area contributed by atoms with E-state index in [-0.39, 0.29) is 5.75 Å². The number of hydrogen-bond donors (Lipinski definition) is 1. The van der Waals surface area contributed by atoms with Gasteiger partial charge in [0.2, 0.25) is 6.10 Å². The van der Waals surface area contributed by atoms with Gasteiger partial charge in [0, 0.05) is 24.5 Å². The second-order valence-electron chi connectivity index (χ2n) is 6.81. The minimum atomic E-state index is -1.14. The van der Waals surface area contributed by atoms with Gasteiger partial charge in [-0.3, -0.25) is 9.59 Å². The number of benzene rings is 2. The number of nitrogens with one attached hydrogen (secondary N) is 1. The fourth-order valence-corrected chi connectivity index (χ4v) is 3.45. The topological polar surface area (TPSA) is 114 Å². The van der Waals surface area contributed by atoms with Crippen LogP contribution in [0.3, 0.4) is 0 Å². The predicted molar refractivity (Wildman–Crippen MR) is 122 cm³/mol. The lowest BCUT2D eigenvalue weighted by Crippen LogP contribution is -2.33. The second kappa shape index (κ2) is 12.2. The zero-order chi connectivity index (χ0) is 23.5. The van der Waals surface area contributed by atoms with Crippen molar-refractivity contribution in [3.05, 3.63) is 83.7 Å². The van der Waals surface area contributed by atoms with Gasteiger partial charge >= 0.3 is 5.97 Å². The van der Waals surface area contributed by atoms with Crippen molar-refractivity contribution in [2.45, 2.75) is 17.7 Å². The van der Waals surface area contributed by atoms with Crippen molar-refractivity contribution in [1.82, 2.24) is 15.3 Å². The summed E-state index contributed by atoms with van der Waals surface area (Å²) in [6, 6.07) is 17.6. The molecule has 9 heteroatoms. The van der Waals surface area contributed by atoms with Gasteiger partial charge in [0.15, 0.2) is 5.16 Å². The molecule has 0 fully saturated rings. The molecule has 1 N–H and O–H groups in total. The van der Waals surface area contributed by atoms with Crippen LogP contribution >= 0.6 is 11.8 Å². The van der Waals surface area contributed by atoms with Crippen LogP contribution in [0.4, 0.5) is 0 Å². The van der Waals surface area contributed by atoms with Gasteiger partial charge in [0.05, 0.1) is 24.5 Å². The molecule has 0 saturated carbocycles. The third-order valence-electron chi connectivity index (χ3n) is 4.56. The number of carbonyl (C=O) groups is 2. The Balaban J connectivity index is 1.62. The summed E-state index contributed by atoms with van der Waals surface area (Å²) in [5.41, 5.74) is 1.95. The third-order valence-corrected chi connectivity index (χ3v) is 5.41. The normalized spacial score (nSPS) is 11.2. The van der Waals surface area contributed by atoms with Gasteiger partial charge in [0.25, 0.3) is 5.91 Å². The second-order valence-corrected chi connectivity index (χ2v) is 7.76. The SMILES string of the molecule is COc1ccc(CCNC(=O)C(OC(=O)CSc2ncccn2)c2ccc(C#N)cc2)cc1. The Morgan fingerprint density at radius 2 is 1.79 bits per heavy atom. The van der Waals surface area contributed by atoms with Crippen molar-refractivity contribution in [3.8, 4) is 11.8 Å². The molecule has 0 aliphatic rings. The van der Waals surface area contributed by atoms with Gasteiger partial charge in [-0.05, 0) is 42.3 Å². The smallest absolute Gasteiger partial charge is 0.317 e. The van der Waals surface area contributed by atoms with Gasteiger partial charge in [-0.2, -0.15) is 5.26 Å². The molecule has 3 rings (SSSR count). The van der Waals surface area contributed by atoms with Crippen LogP contribution in [-0.4, -0.2) is 41.3 Å². The number of nitriles is 1. The van der Waals surface area contributed by atoms with Crippen LogP contribution in [0.5, 0.6) is 5.75 Å². The molecule has 8 nitrogen and oxygen atoms in total. The van der Waals surface area contributed by atoms with E-state index in [9.17, 15) is 9.59 Å². The van der Waals surface area contributed by atoms with Crippen molar-refractivity contribution in [3.63, 3.8) is 0 Å². The van der Waals surface area contributed by atoms with E-state index in [2.05, 4.69) is 15.3 Å². The van der Waals surface area contributed by atoms with E-state index >= 15 is 0 Å². The number of carbonyl (C=O) groups excluding carboxylic acids is 2. The van der Waals surface area contributed by atoms with E-state index in [4.69, 9.17) is 14.7 Å². The molecule has 0 aliphatic heterocycles. The number of esters is 1. The Labute approximate surface area is 196 Å². The molecule has 1 aromatic heterocycles. The highest BCUT2D eigenvalue weighted by Crippen LogP contribution is 2.21. The lowest BCUT2D eigenvalue weighted by molar-refractivity contribution is -0.154. The summed E-state index contributed by atoms with van der Waals surface area (Å²) in [6.07, 6.45) is 2.62. The lowest BCUT2D eigenvalue weighted by atomic mass is 10.1. The van der Waals surface area contributed by atoms with Crippen molar-refractivity contribution in [2.24, 2.45) is 0 Å². The van der Waals surface area contributed by atoms with E-state index in [0.717, 1.165) is 23.1 Å². The van der Waals surface area contributed by atoms with Crippen LogP contribution in [-0.2, 0) is 20.7 Å². The number of aromatic nitrogens is 2. The first kappa shape index (κ1) is 23.8. The predicted octanol–water partition coefficient (Wildman–Crippen LogP) is 3.09. The summed E-state index contributed by atoms with van der Waals surface area (Å²) in [5, 5.41) is 12.3. The highest BCUT2D eigenvalue weighted by molar-refractivity contribution is 7.99. The van der Waals surface area contributed by atoms with Crippen LogP contribution < -0.4 is 10.1 Å². The molecular weight excluding hydrogens is 440 g/mol. The fourth-order valence-electron chi connectivity index (χ4n) is 2.87. The van der Waals surface area contributed by atoms with E-state index < -0.39 is 18.0 Å². The zero-order valence-corrected chi connectivity index (χ0v) is 18.7. The highest BCUT2D eigenvalue weighted by atomic mass is 32.2. The standard InChI is InChI=1S/C24H22N4O4S/c1-31-20-9-5-17(6-10-20)11-14-26-23(30)22(19-7-3-18(15-25)4-8-19)32-21(29)16-33-24-27-12-2-13-28-24/h2-10,12-13,22H,11,14,16H2,1H3,(H,26,30). The number of thioether (sulfide) groups is 1. The molecule has 0 radical (unpaired) electrons. The van der Waals surface area contributed by atoms with E-state index in [0.29, 0.717) is 29.2 Å². The van der Waals surface area contributed by atoms with Gasteiger partial charge in [0.1, 0.15) is 5.75 Å². The number of methoxy groups -OCH3 is 1. The number of amides is 1. The van der Waals surface area contributed by atoms with Gasteiger partial charge < -0.3 is 14.8 Å². The van der Waals surface area contributed by atoms with Crippen LogP contribution in [0.2, 0.25) is 0 Å². The molecule has 2 aromatic carbocycles. The Kier molecular flexibility index (Phi) is 8.79. The van der Waals surface area contributed by atoms with Crippen LogP contribution in [0.15, 0.2) is 72.1 Å². The molecule has 0 bridgehead atoms. The van der Waals surface area contributed by atoms with E-state index in [1.807, 2.05) is 30.3 Å². The molecule has 33 heavy (non-hydrogen) atoms. The minimum Gasteiger partial charge on any atom is -0.497 e. The molecule has 0 aliphatic carbocycles. The van der Waals surface area contributed by atoms with Crippen molar-refractivity contribution < 1.29 is 19.1 Å². The maximum absolute atomic E-state index is 12.9. The first-order valence-electron chi connectivity index (χ1n) is 10.1. The quantitative estimate of drug-likeness (QED) is 0.278. The van der Waals surface area contributed by atoms with Crippen molar-refractivity contribution in [2.75, 3.05) is 19.4 Å². The molecule has 1 unspecified atom stereocenters. The summed E-state index contributed by atoms with van der Waals surface area (Å²) in [4.78, 5) is 33.4. The molecular formula is C24H22N4O4S. The van der Waals surface area contributed by atoms with Gasteiger partial charge in [-0.15, -0.1) is 0 Å². The minimum absolute atomic E-state index is 0.0457. The average Bonchev–Trinajstić information content (AvgIpc) is 2.87. The van der Waals surface area contributed by atoms with Crippen molar-refractivity contribution in [1.29, 1.82) is 5.26 Å². The van der Waals surface area contributed by atoms with Crippen LogP contribution in [0, 0.1) is 11.3 Å². The Morgan fingerprint density at radius 1 is 1.09 bits per heavy atom. The van der Waals surface area contributed by atoms with E-state index in [1.165, 1.54) is 0 Å². The fraction of sp³-hybridized carbons (Fsp3) is 0.208. The van der Waals surface area contributed by atoms with Gasteiger partial charge in [-0.25, -0.2) is 9.97 Å². The third kappa shape index (κ3) is 7.33. The van der Waals surface area contributed by atoms with E-state index in [1.54, 1.807) is 49.8 Å². The molecule has 1 amide bonds. The lowest BCUT2D eigenvalue weighted by Gasteiger charge is -2.18. The average molecular weight is 463 g/mol. The summed E-state index contributed by atoms with van der Waals surface area (Å²) in [7, 11) is 1.60. The number of ether oxygens (including phenoxy) is 2. The first-order valence-corrected chi connectivity index (χ1v) is 11.1. The summed E-state index contributed by atoms with van der Waals surface area (Å²) < 4.78 is 10.6. The number of nitrogens with zero attached hydrogens (tertiary/aromatic N) is 3. The first-order chi connectivity index (χ1) is 16.1. The highest BCUT2D eigenvalue weighted by Gasteiger charge is 2.25. The summed E-state index contributed by atoms with van der Waals surface area (Å²) in [5.74, 6) is -0.306. The van der Waals surface area contributed by atoms with Crippen LogP contribution in [0.25, 0.3) is 0 Å². The molecule has 3 aromatic rings. The maximum Gasteiger partial charge on any atom is 0.317 e. The maximum atomic E-state index is 12.9. The summed E-state index contributed by atoms with van der Waals surface area (Å²) in [6.45, 7) is 0.363. The Bertz CT molecular complexity index is 1100. The zero-order valence-electron chi connectivity index (χ0n) is 17.9.